The highest BCUT2D eigenvalue weighted by atomic mass is 19.4. The maximum absolute atomic E-state index is 13.1. The van der Waals surface area contributed by atoms with Crippen LogP contribution in [0.25, 0.3) is 0 Å². The molecule has 2 aromatic rings. The van der Waals surface area contributed by atoms with Crippen LogP contribution in [0.1, 0.15) is 22.3 Å². The summed E-state index contributed by atoms with van der Waals surface area (Å²) in [5.74, 6) is -0.783. The number of hydrogen-bond donors (Lipinski definition) is 0. The molecule has 0 aromatic heterocycles. The van der Waals surface area contributed by atoms with E-state index in [1.807, 2.05) is 0 Å². The van der Waals surface area contributed by atoms with Crippen molar-refractivity contribution >= 4 is 17.6 Å². The Labute approximate surface area is 153 Å². The van der Waals surface area contributed by atoms with Crippen molar-refractivity contribution in [3.05, 3.63) is 59.7 Å². The van der Waals surface area contributed by atoms with E-state index in [1.54, 1.807) is 24.3 Å². The van der Waals surface area contributed by atoms with Gasteiger partial charge < -0.3 is 9.47 Å². The zero-order valence-corrected chi connectivity index (χ0v) is 14.3. The third-order valence-corrected chi connectivity index (χ3v) is 4.21. The highest BCUT2D eigenvalue weighted by molar-refractivity contribution is 6.08. The lowest BCUT2D eigenvalue weighted by atomic mass is 10.0. The molecule has 8 heteroatoms. The van der Waals surface area contributed by atoms with Gasteiger partial charge >= 0.3 is 12.1 Å². The van der Waals surface area contributed by atoms with Gasteiger partial charge in [0.15, 0.2) is 0 Å². The standard InChI is InChI=1S/C19H16F3NO4/c1-26-17(24)10-14-11-27-16-8-3-2-7-15(16)23(14)18(25)12-5-4-6-13(9-12)19(20,21)22/h2-9,14H,10-11H2,1H3/t14-/m0/s1. The molecule has 0 N–H and O–H groups in total. The molecule has 1 atom stereocenters. The first-order valence-corrected chi connectivity index (χ1v) is 8.10. The molecule has 5 nitrogen and oxygen atoms in total. The maximum atomic E-state index is 13.1. The molecule has 0 spiro atoms. The second-order valence-corrected chi connectivity index (χ2v) is 5.97. The van der Waals surface area contributed by atoms with Crippen LogP contribution in [0, 0.1) is 0 Å². The maximum Gasteiger partial charge on any atom is 0.416 e. The highest BCUT2D eigenvalue weighted by Crippen LogP contribution is 2.36. The Bertz CT molecular complexity index is 866. The number of anilines is 1. The summed E-state index contributed by atoms with van der Waals surface area (Å²) in [4.78, 5) is 26.1. The summed E-state index contributed by atoms with van der Waals surface area (Å²) in [5.41, 5.74) is -0.657. The van der Waals surface area contributed by atoms with E-state index in [1.165, 1.54) is 24.1 Å². The van der Waals surface area contributed by atoms with E-state index in [0.717, 1.165) is 12.1 Å². The molecule has 1 amide bonds. The van der Waals surface area contributed by atoms with Crippen molar-refractivity contribution in [2.45, 2.75) is 18.6 Å². The summed E-state index contributed by atoms with van der Waals surface area (Å²) in [6.07, 6.45) is -4.71. The number of ether oxygens (including phenoxy) is 2. The number of rotatable bonds is 3. The first-order valence-electron chi connectivity index (χ1n) is 8.10. The van der Waals surface area contributed by atoms with Gasteiger partial charge in [0.1, 0.15) is 12.4 Å². The molecule has 27 heavy (non-hydrogen) atoms. The molecule has 0 saturated carbocycles. The number of para-hydroxylation sites is 2. The minimum atomic E-state index is -4.56. The molecule has 3 rings (SSSR count). The van der Waals surface area contributed by atoms with Crippen molar-refractivity contribution in [2.24, 2.45) is 0 Å². The fourth-order valence-corrected chi connectivity index (χ4v) is 2.90. The molecule has 0 saturated heterocycles. The smallest absolute Gasteiger partial charge is 0.416 e. The molecular weight excluding hydrogens is 363 g/mol. The van der Waals surface area contributed by atoms with Gasteiger partial charge in [0.2, 0.25) is 0 Å². The van der Waals surface area contributed by atoms with Crippen molar-refractivity contribution in [3.63, 3.8) is 0 Å². The first kappa shape index (κ1) is 18.8. The Balaban J connectivity index is 2.02. The average molecular weight is 379 g/mol. The van der Waals surface area contributed by atoms with Gasteiger partial charge in [-0.05, 0) is 30.3 Å². The van der Waals surface area contributed by atoms with Crippen molar-refractivity contribution in [3.8, 4) is 5.75 Å². The van der Waals surface area contributed by atoms with Gasteiger partial charge in [-0.25, -0.2) is 0 Å². The van der Waals surface area contributed by atoms with Gasteiger partial charge in [0.25, 0.3) is 5.91 Å². The lowest BCUT2D eigenvalue weighted by Crippen LogP contribution is -2.48. The van der Waals surface area contributed by atoms with Crippen LogP contribution in [-0.4, -0.2) is 31.6 Å². The number of nitrogens with zero attached hydrogens (tertiary/aromatic N) is 1. The molecule has 0 bridgehead atoms. The van der Waals surface area contributed by atoms with E-state index in [9.17, 15) is 22.8 Å². The number of methoxy groups -OCH3 is 1. The monoisotopic (exact) mass is 379 g/mol. The summed E-state index contributed by atoms with van der Waals surface area (Å²) < 4.78 is 49.3. The predicted molar refractivity (Wildman–Crippen MR) is 90.6 cm³/mol. The predicted octanol–water partition coefficient (Wildman–Crippen LogP) is 3.68. The summed E-state index contributed by atoms with van der Waals surface area (Å²) in [6.45, 7) is 0.0246. The number of fused-ring (bicyclic) bond motifs is 1. The van der Waals surface area contributed by atoms with E-state index in [4.69, 9.17) is 4.74 Å². The van der Waals surface area contributed by atoms with Gasteiger partial charge in [-0.15, -0.1) is 0 Å². The summed E-state index contributed by atoms with van der Waals surface area (Å²) >= 11 is 0. The van der Waals surface area contributed by atoms with Crippen LogP contribution < -0.4 is 9.64 Å². The Morgan fingerprint density at radius 1 is 1.19 bits per heavy atom. The van der Waals surface area contributed by atoms with Gasteiger partial charge in [-0.1, -0.05) is 18.2 Å². The number of halogens is 3. The minimum Gasteiger partial charge on any atom is -0.489 e. The third kappa shape index (κ3) is 3.89. The number of amides is 1. The number of carbonyl (C=O) groups is 2. The second kappa shape index (κ2) is 7.30. The molecule has 0 unspecified atom stereocenters. The van der Waals surface area contributed by atoms with Crippen LogP contribution >= 0.6 is 0 Å². The fourth-order valence-electron chi connectivity index (χ4n) is 2.90. The normalized spacial score (nSPS) is 16.3. The number of hydrogen-bond acceptors (Lipinski definition) is 4. The minimum absolute atomic E-state index is 0.0246. The van der Waals surface area contributed by atoms with Crippen molar-refractivity contribution in [2.75, 3.05) is 18.6 Å². The largest absolute Gasteiger partial charge is 0.489 e. The fraction of sp³-hybridized carbons (Fsp3) is 0.263. The summed E-state index contributed by atoms with van der Waals surface area (Å²) in [5, 5.41) is 0. The van der Waals surface area contributed by atoms with Crippen molar-refractivity contribution < 1.29 is 32.2 Å². The highest BCUT2D eigenvalue weighted by Gasteiger charge is 2.36. The first-order chi connectivity index (χ1) is 12.8. The van der Waals surface area contributed by atoms with E-state index < -0.39 is 29.7 Å². The lowest BCUT2D eigenvalue weighted by molar-refractivity contribution is -0.141. The van der Waals surface area contributed by atoms with Crippen molar-refractivity contribution in [1.29, 1.82) is 0 Å². The van der Waals surface area contributed by atoms with E-state index in [2.05, 4.69) is 4.74 Å². The molecule has 1 aliphatic rings. The Hall–Kier alpha value is -3.03. The number of carbonyl (C=O) groups excluding carboxylic acids is 2. The Morgan fingerprint density at radius 3 is 2.63 bits per heavy atom. The zero-order valence-electron chi connectivity index (χ0n) is 14.3. The zero-order chi connectivity index (χ0) is 19.6. The quantitative estimate of drug-likeness (QED) is 0.764. The topological polar surface area (TPSA) is 55.8 Å². The summed E-state index contributed by atoms with van der Waals surface area (Å²) in [6, 6.07) is 10.1. The van der Waals surface area contributed by atoms with Crippen LogP contribution in [0.15, 0.2) is 48.5 Å². The van der Waals surface area contributed by atoms with Crippen LogP contribution in [0.5, 0.6) is 5.75 Å². The molecule has 1 aliphatic heterocycles. The Morgan fingerprint density at radius 2 is 1.93 bits per heavy atom. The summed E-state index contributed by atoms with van der Waals surface area (Å²) in [7, 11) is 1.22. The van der Waals surface area contributed by atoms with Crippen LogP contribution in [0.4, 0.5) is 18.9 Å². The second-order valence-electron chi connectivity index (χ2n) is 5.97. The SMILES string of the molecule is COC(=O)C[C@H]1COc2ccccc2N1C(=O)c1cccc(C(F)(F)F)c1. The van der Waals surface area contributed by atoms with Gasteiger partial charge in [-0.3, -0.25) is 14.5 Å². The third-order valence-electron chi connectivity index (χ3n) is 4.21. The molecule has 142 valence electrons. The van der Waals surface area contributed by atoms with Gasteiger partial charge in [0, 0.05) is 5.56 Å². The molecule has 0 fully saturated rings. The number of alkyl halides is 3. The Kier molecular flexibility index (Phi) is 5.07. The van der Waals surface area contributed by atoms with Crippen LogP contribution in [0.3, 0.4) is 0 Å². The number of benzene rings is 2. The molecule has 2 aromatic carbocycles. The van der Waals surface area contributed by atoms with Crippen LogP contribution in [-0.2, 0) is 15.7 Å². The van der Waals surface area contributed by atoms with Crippen LogP contribution in [0.2, 0.25) is 0 Å². The average Bonchev–Trinajstić information content (AvgIpc) is 2.66. The molecule has 1 heterocycles. The van der Waals surface area contributed by atoms with E-state index >= 15 is 0 Å². The number of esters is 1. The lowest BCUT2D eigenvalue weighted by Gasteiger charge is -2.36. The van der Waals surface area contributed by atoms with E-state index in [0.29, 0.717) is 11.4 Å². The molecular formula is C19H16F3NO4. The molecule has 0 radical (unpaired) electrons. The van der Waals surface area contributed by atoms with Gasteiger partial charge in [0.05, 0.1) is 30.8 Å². The van der Waals surface area contributed by atoms with Gasteiger partial charge in [-0.2, -0.15) is 13.2 Å². The van der Waals surface area contributed by atoms with E-state index in [-0.39, 0.29) is 18.6 Å². The molecule has 0 aliphatic carbocycles. The van der Waals surface area contributed by atoms with Crippen molar-refractivity contribution in [1.82, 2.24) is 0 Å².